The van der Waals surface area contributed by atoms with Crippen LogP contribution in [0.15, 0.2) is 24.3 Å². The number of carbonyl (C=O) groups is 2. The molecule has 0 N–H and O–H groups in total. The Morgan fingerprint density at radius 3 is 2.77 bits per heavy atom. The molecule has 1 saturated heterocycles. The maximum Gasteiger partial charge on any atom is 0.307 e. The van der Waals surface area contributed by atoms with Gasteiger partial charge in [0.05, 0.1) is 19.4 Å². The van der Waals surface area contributed by atoms with E-state index in [1.54, 1.807) is 17.9 Å². The lowest BCUT2D eigenvalue weighted by Crippen LogP contribution is -2.44. The van der Waals surface area contributed by atoms with Crippen LogP contribution in [0.1, 0.15) is 38.7 Å². The molecule has 0 aromatic heterocycles. The van der Waals surface area contributed by atoms with Gasteiger partial charge in [0, 0.05) is 24.2 Å². The summed E-state index contributed by atoms with van der Waals surface area (Å²) in [5.74, 6) is -0.257. The third-order valence-corrected chi connectivity index (χ3v) is 5.25. The molecule has 5 nitrogen and oxygen atoms in total. The number of nitrogens with zero attached hydrogens (tertiary/aromatic N) is 2. The van der Waals surface area contributed by atoms with Crippen LogP contribution in [0.3, 0.4) is 0 Å². The lowest BCUT2D eigenvalue weighted by Gasteiger charge is -2.30. The van der Waals surface area contributed by atoms with E-state index in [1.807, 2.05) is 18.2 Å². The van der Waals surface area contributed by atoms with Crippen LogP contribution in [0, 0.1) is 0 Å². The first-order valence-corrected chi connectivity index (χ1v) is 9.83. The Balaban J connectivity index is 2.04. The first-order chi connectivity index (χ1) is 12.5. The average molecular weight is 381 g/mol. The number of hydrogen-bond acceptors (Lipinski definition) is 4. The number of likely N-dealkylation sites (tertiary alicyclic amines) is 1. The molecule has 1 aliphatic heterocycles. The fraction of sp³-hybridized carbons (Fsp3) is 0.600. The zero-order valence-corrected chi connectivity index (χ0v) is 16.5. The van der Waals surface area contributed by atoms with E-state index >= 15 is 0 Å². The first-order valence-electron chi connectivity index (χ1n) is 9.46. The quantitative estimate of drug-likeness (QED) is 0.617. The lowest BCUT2D eigenvalue weighted by atomic mass is 10.1. The molecule has 1 heterocycles. The van der Waals surface area contributed by atoms with E-state index in [-0.39, 0.29) is 24.7 Å². The molecule has 0 saturated carbocycles. The van der Waals surface area contributed by atoms with Gasteiger partial charge in [-0.05, 0) is 44.5 Å². The van der Waals surface area contributed by atoms with E-state index in [0.29, 0.717) is 30.8 Å². The maximum atomic E-state index is 12.9. The second kappa shape index (κ2) is 10.5. The van der Waals surface area contributed by atoms with Crippen LogP contribution in [0.2, 0.25) is 5.02 Å². The highest BCUT2D eigenvalue weighted by Crippen LogP contribution is 2.20. The molecule has 144 valence electrons. The van der Waals surface area contributed by atoms with Gasteiger partial charge in [-0.25, -0.2) is 0 Å². The highest BCUT2D eigenvalue weighted by molar-refractivity contribution is 6.31. The van der Waals surface area contributed by atoms with Crippen molar-refractivity contribution in [3.8, 4) is 0 Å². The summed E-state index contributed by atoms with van der Waals surface area (Å²) in [6, 6.07) is 7.76. The van der Waals surface area contributed by atoms with E-state index in [1.165, 1.54) is 0 Å². The third-order valence-electron chi connectivity index (χ3n) is 4.88. The summed E-state index contributed by atoms with van der Waals surface area (Å²) in [7, 11) is 0. The van der Waals surface area contributed by atoms with Crippen molar-refractivity contribution in [2.45, 2.75) is 45.6 Å². The van der Waals surface area contributed by atoms with Gasteiger partial charge in [0.15, 0.2) is 0 Å². The summed E-state index contributed by atoms with van der Waals surface area (Å²) in [5, 5.41) is 0.599. The van der Waals surface area contributed by atoms with Gasteiger partial charge in [-0.1, -0.05) is 36.7 Å². The molecule has 1 fully saturated rings. The van der Waals surface area contributed by atoms with Crippen molar-refractivity contribution in [2.75, 3.05) is 32.8 Å². The van der Waals surface area contributed by atoms with Gasteiger partial charge >= 0.3 is 5.97 Å². The number of esters is 1. The fourth-order valence-electron chi connectivity index (χ4n) is 3.47. The van der Waals surface area contributed by atoms with Crippen molar-refractivity contribution in [3.63, 3.8) is 0 Å². The predicted molar refractivity (Wildman–Crippen MR) is 103 cm³/mol. The smallest absolute Gasteiger partial charge is 0.307 e. The van der Waals surface area contributed by atoms with Crippen LogP contribution in [0.25, 0.3) is 0 Å². The Bertz CT molecular complexity index is 608. The molecule has 1 aromatic rings. The molecule has 2 rings (SSSR count). The van der Waals surface area contributed by atoms with Crippen LogP contribution in [0.4, 0.5) is 0 Å². The van der Waals surface area contributed by atoms with Crippen LogP contribution in [-0.4, -0.2) is 60.5 Å². The topological polar surface area (TPSA) is 49.9 Å². The zero-order chi connectivity index (χ0) is 18.9. The molecule has 0 spiro atoms. The molecule has 1 amide bonds. The Kier molecular flexibility index (Phi) is 8.39. The Hall–Kier alpha value is -1.59. The van der Waals surface area contributed by atoms with Gasteiger partial charge < -0.3 is 9.64 Å². The molecule has 6 heteroatoms. The van der Waals surface area contributed by atoms with E-state index in [4.69, 9.17) is 16.3 Å². The monoisotopic (exact) mass is 380 g/mol. The molecule has 0 radical (unpaired) electrons. The van der Waals surface area contributed by atoms with Gasteiger partial charge in [-0.15, -0.1) is 0 Å². The van der Waals surface area contributed by atoms with Gasteiger partial charge in [0.25, 0.3) is 0 Å². The summed E-state index contributed by atoms with van der Waals surface area (Å²) < 4.78 is 5.01. The number of likely N-dealkylation sites (N-methyl/N-ethyl adjacent to an activating group) is 1. The van der Waals surface area contributed by atoms with Crippen molar-refractivity contribution in [2.24, 2.45) is 0 Å². The Morgan fingerprint density at radius 1 is 1.31 bits per heavy atom. The molecule has 1 aliphatic rings. The van der Waals surface area contributed by atoms with Crippen molar-refractivity contribution in [1.29, 1.82) is 0 Å². The van der Waals surface area contributed by atoms with Gasteiger partial charge in [0.2, 0.25) is 5.91 Å². The molecule has 1 aromatic carbocycles. The summed E-state index contributed by atoms with van der Waals surface area (Å²) in [5.41, 5.74) is 0.819. The minimum Gasteiger partial charge on any atom is -0.466 e. The number of amides is 1. The maximum absolute atomic E-state index is 12.9. The molecule has 0 bridgehead atoms. The van der Waals surface area contributed by atoms with E-state index in [0.717, 1.165) is 31.5 Å². The Labute approximate surface area is 161 Å². The molecular formula is C20H29ClN2O3. The highest BCUT2D eigenvalue weighted by Gasteiger charge is 2.27. The summed E-state index contributed by atoms with van der Waals surface area (Å²) in [4.78, 5) is 28.9. The second-order valence-electron chi connectivity index (χ2n) is 6.59. The van der Waals surface area contributed by atoms with Crippen molar-refractivity contribution < 1.29 is 14.3 Å². The summed E-state index contributed by atoms with van der Waals surface area (Å²) in [6.07, 6.45) is 2.72. The molecule has 26 heavy (non-hydrogen) atoms. The number of ether oxygens (including phenoxy) is 1. The van der Waals surface area contributed by atoms with E-state index < -0.39 is 0 Å². The normalized spacial score (nSPS) is 17.3. The summed E-state index contributed by atoms with van der Waals surface area (Å²) >= 11 is 6.20. The average Bonchev–Trinajstić information content (AvgIpc) is 3.08. The first kappa shape index (κ1) is 20.7. The Morgan fingerprint density at radius 2 is 2.08 bits per heavy atom. The predicted octanol–water partition coefficient (Wildman–Crippen LogP) is 3.15. The van der Waals surface area contributed by atoms with Crippen LogP contribution < -0.4 is 0 Å². The SMILES string of the molecule is CCOC(=O)CCN(CC1CCCN1CC)C(=O)Cc1ccccc1Cl. The lowest BCUT2D eigenvalue weighted by molar-refractivity contribution is -0.144. The number of halogens is 1. The second-order valence-corrected chi connectivity index (χ2v) is 6.99. The summed E-state index contributed by atoms with van der Waals surface area (Å²) in [6.45, 7) is 7.38. The van der Waals surface area contributed by atoms with Crippen molar-refractivity contribution in [1.82, 2.24) is 9.80 Å². The van der Waals surface area contributed by atoms with Gasteiger partial charge in [-0.3, -0.25) is 14.5 Å². The third kappa shape index (κ3) is 5.99. The number of hydrogen-bond donors (Lipinski definition) is 0. The van der Waals surface area contributed by atoms with Crippen LogP contribution >= 0.6 is 11.6 Å². The molecular weight excluding hydrogens is 352 g/mol. The van der Waals surface area contributed by atoms with Crippen LogP contribution in [0.5, 0.6) is 0 Å². The largest absolute Gasteiger partial charge is 0.466 e. The molecule has 1 unspecified atom stereocenters. The molecule has 0 aliphatic carbocycles. The molecule has 1 atom stereocenters. The van der Waals surface area contributed by atoms with Crippen molar-refractivity contribution >= 4 is 23.5 Å². The number of carbonyl (C=O) groups excluding carboxylic acids is 2. The fourth-order valence-corrected chi connectivity index (χ4v) is 3.67. The van der Waals surface area contributed by atoms with E-state index in [9.17, 15) is 9.59 Å². The zero-order valence-electron chi connectivity index (χ0n) is 15.7. The standard InChI is InChI=1S/C20H29ClN2O3/c1-3-22-12-7-9-17(22)15-23(13-11-20(25)26-4-2)19(24)14-16-8-5-6-10-18(16)21/h5-6,8,10,17H,3-4,7,9,11-15H2,1-2H3. The van der Waals surface area contributed by atoms with Gasteiger partial charge in [0.1, 0.15) is 0 Å². The minimum absolute atomic E-state index is 0.00496. The highest BCUT2D eigenvalue weighted by atomic mass is 35.5. The number of rotatable bonds is 9. The van der Waals surface area contributed by atoms with E-state index in [2.05, 4.69) is 11.8 Å². The number of benzene rings is 1. The van der Waals surface area contributed by atoms with Crippen molar-refractivity contribution in [3.05, 3.63) is 34.9 Å². The minimum atomic E-state index is -0.262. The van der Waals surface area contributed by atoms with Gasteiger partial charge in [-0.2, -0.15) is 0 Å². The van der Waals surface area contributed by atoms with Crippen LogP contribution in [-0.2, 0) is 20.7 Å².